The molecule has 35 heavy (non-hydrogen) atoms. The number of hydrogen-bond acceptors (Lipinski definition) is 7. The van der Waals surface area contributed by atoms with E-state index in [2.05, 4.69) is 10.6 Å². The predicted molar refractivity (Wildman–Crippen MR) is 123 cm³/mol. The van der Waals surface area contributed by atoms with Crippen LogP contribution in [0.5, 0.6) is 0 Å². The molecule has 1 aromatic carbocycles. The number of nitrogens with one attached hydrogen (secondary N) is 2. The van der Waals surface area contributed by atoms with Crippen molar-refractivity contribution < 1.29 is 39.3 Å². The van der Waals surface area contributed by atoms with E-state index in [1.807, 2.05) is 6.07 Å². The Morgan fingerprint density at radius 2 is 1.74 bits per heavy atom. The van der Waals surface area contributed by atoms with Gasteiger partial charge in [0, 0.05) is 13.0 Å². The molecule has 1 aliphatic rings. The molecule has 1 fully saturated rings. The number of carboxylic acid groups (broad SMARTS) is 2. The van der Waals surface area contributed by atoms with Gasteiger partial charge in [0.2, 0.25) is 17.7 Å². The van der Waals surface area contributed by atoms with Gasteiger partial charge in [-0.1, -0.05) is 30.3 Å². The lowest BCUT2D eigenvalue weighted by molar-refractivity contribution is -0.150. The lowest BCUT2D eigenvalue weighted by atomic mass is 10.0. The molecule has 7 N–H and O–H groups in total. The van der Waals surface area contributed by atoms with Gasteiger partial charge in [-0.05, 0) is 38.2 Å². The van der Waals surface area contributed by atoms with Crippen molar-refractivity contribution in [3.05, 3.63) is 35.9 Å². The highest BCUT2D eigenvalue weighted by molar-refractivity contribution is 5.94. The van der Waals surface area contributed by atoms with E-state index >= 15 is 0 Å². The van der Waals surface area contributed by atoms with Crippen LogP contribution in [0.4, 0.5) is 0 Å². The fourth-order valence-corrected chi connectivity index (χ4v) is 3.88. The zero-order valence-electron chi connectivity index (χ0n) is 19.4. The van der Waals surface area contributed by atoms with Crippen LogP contribution in [0.25, 0.3) is 0 Å². The van der Waals surface area contributed by atoms with Crippen molar-refractivity contribution in [2.45, 2.75) is 69.3 Å². The Balaban J connectivity index is 2.12. The summed E-state index contributed by atoms with van der Waals surface area (Å²) in [4.78, 5) is 62.1. The van der Waals surface area contributed by atoms with Crippen LogP contribution in [0, 0.1) is 0 Å². The fraction of sp³-hybridized carbons (Fsp3) is 0.522. The second-order valence-corrected chi connectivity index (χ2v) is 8.54. The smallest absolute Gasteiger partial charge is 0.326 e. The summed E-state index contributed by atoms with van der Waals surface area (Å²) in [5.74, 6) is -4.75. The van der Waals surface area contributed by atoms with Crippen LogP contribution >= 0.6 is 0 Å². The fourth-order valence-electron chi connectivity index (χ4n) is 3.88. The van der Waals surface area contributed by atoms with Crippen LogP contribution in [0.1, 0.15) is 38.2 Å². The number of carbonyl (C=O) groups is 5. The number of hydrogen-bond donors (Lipinski definition) is 6. The maximum Gasteiger partial charge on any atom is 0.326 e. The minimum Gasteiger partial charge on any atom is -0.481 e. The third-order valence-corrected chi connectivity index (χ3v) is 5.78. The Kier molecular flexibility index (Phi) is 10.2. The number of aliphatic hydroxyl groups excluding tert-OH is 1. The molecule has 3 amide bonds. The number of nitrogens with two attached hydrogens (primary N) is 1. The van der Waals surface area contributed by atoms with Gasteiger partial charge in [0.1, 0.15) is 18.1 Å². The number of benzene rings is 1. The Morgan fingerprint density at radius 3 is 2.31 bits per heavy atom. The predicted octanol–water partition coefficient (Wildman–Crippen LogP) is -1.15. The molecular formula is C23H32N4O8. The van der Waals surface area contributed by atoms with E-state index in [-0.39, 0.29) is 25.8 Å². The van der Waals surface area contributed by atoms with Crippen molar-refractivity contribution in [2.75, 3.05) is 6.54 Å². The number of nitrogens with zero attached hydrogens (tertiary/aromatic N) is 1. The highest BCUT2D eigenvalue weighted by atomic mass is 16.4. The third kappa shape index (κ3) is 8.04. The molecule has 12 nitrogen and oxygen atoms in total. The van der Waals surface area contributed by atoms with Gasteiger partial charge in [-0.25, -0.2) is 4.79 Å². The van der Waals surface area contributed by atoms with E-state index in [0.29, 0.717) is 6.42 Å². The second-order valence-electron chi connectivity index (χ2n) is 8.54. The first kappa shape index (κ1) is 27.7. The molecule has 1 aliphatic heterocycles. The van der Waals surface area contributed by atoms with Crippen molar-refractivity contribution in [1.29, 1.82) is 0 Å². The molecule has 12 heteroatoms. The quantitative estimate of drug-likeness (QED) is 0.208. The molecule has 1 heterocycles. The molecule has 2 rings (SSSR count). The van der Waals surface area contributed by atoms with E-state index in [0.717, 1.165) is 10.5 Å². The molecule has 0 aromatic heterocycles. The maximum atomic E-state index is 13.0. The number of rotatable bonds is 12. The van der Waals surface area contributed by atoms with E-state index in [1.54, 1.807) is 24.3 Å². The zero-order chi connectivity index (χ0) is 26.1. The van der Waals surface area contributed by atoms with Gasteiger partial charge in [0.25, 0.3) is 0 Å². The van der Waals surface area contributed by atoms with Crippen LogP contribution in [-0.2, 0) is 30.4 Å². The lowest BCUT2D eigenvalue weighted by Gasteiger charge is -2.30. The molecule has 1 aromatic rings. The summed E-state index contributed by atoms with van der Waals surface area (Å²) < 4.78 is 0. The molecule has 192 valence electrons. The molecule has 5 unspecified atom stereocenters. The molecule has 0 saturated carbocycles. The maximum absolute atomic E-state index is 13.0. The summed E-state index contributed by atoms with van der Waals surface area (Å²) in [6.07, 6.45) is -1.23. The van der Waals surface area contributed by atoms with Crippen LogP contribution < -0.4 is 16.4 Å². The molecule has 0 spiro atoms. The highest BCUT2D eigenvalue weighted by Gasteiger charge is 2.40. The minimum atomic E-state index is -1.48. The lowest BCUT2D eigenvalue weighted by Crippen LogP contribution is -2.60. The first-order valence-electron chi connectivity index (χ1n) is 11.3. The van der Waals surface area contributed by atoms with Crippen molar-refractivity contribution >= 4 is 29.7 Å². The van der Waals surface area contributed by atoms with Gasteiger partial charge in [-0.3, -0.25) is 19.2 Å². The number of aliphatic carboxylic acids is 2. The Bertz CT molecular complexity index is 923. The molecule has 5 atom stereocenters. The molecule has 1 saturated heterocycles. The zero-order valence-corrected chi connectivity index (χ0v) is 19.4. The van der Waals surface area contributed by atoms with Crippen LogP contribution in [0.2, 0.25) is 0 Å². The van der Waals surface area contributed by atoms with E-state index in [1.165, 1.54) is 6.92 Å². The normalized spacial score (nSPS) is 18.7. The summed E-state index contributed by atoms with van der Waals surface area (Å²) >= 11 is 0. The average Bonchev–Trinajstić information content (AvgIpc) is 3.30. The van der Waals surface area contributed by atoms with Crippen LogP contribution in [0.3, 0.4) is 0 Å². The summed E-state index contributed by atoms with van der Waals surface area (Å²) in [6, 6.07) is 4.02. The summed E-state index contributed by atoms with van der Waals surface area (Å²) in [6.45, 7) is 1.41. The Morgan fingerprint density at radius 1 is 1.09 bits per heavy atom. The van der Waals surface area contributed by atoms with E-state index < -0.39 is 66.4 Å². The van der Waals surface area contributed by atoms with Crippen molar-refractivity contribution in [3.63, 3.8) is 0 Å². The number of likely N-dealkylation sites (tertiary alicyclic amines) is 1. The van der Waals surface area contributed by atoms with Crippen molar-refractivity contribution in [1.82, 2.24) is 15.5 Å². The highest BCUT2D eigenvalue weighted by Crippen LogP contribution is 2.19. The van der Waals surface area contributed by atoms with Crippen molar-refractivity contribution in [3.8, 4) is 0 Å². The van der Waals surface area contributed by atoms with Gasteiger partial charge < -0.3 is 36.6 Å². The summed E-state index contributed by atoms with van der Waals surface area (Å²) in [5, 5.41) is 33.3. The molecule has 0 bridgehead atoms. The van der Waals surface area contributed by atoms with Gasteiger partial charge >= 0.3 is 11.9 Å². The SMILES string of the molecule is CC(O)C(NC(=O)C(CCC(=O)O)NC(=O)C(N)Cc1ccccc1)C(=O)N1CCCC1C(=O)O. The molecule has 0 aliphatic carbocycles. The standard InChI is InChI=1S/C23H32N4O8/c1-13(28)19(22(33)27-11-5-8-17(27)23(34)35)26-21(32)16(9-10-18(29)30)25-20(31)15(24)12-14-6-3-2-4-7-14/h2-4,6-7,13,15-17,19,28H,5,8-12,24H2,1H3,(H,25,31)(H,26,32)(H,29,30)(H,34,35). The minimum absolute atomic E-state index is 0.155. The number of carboxylic acids is 2. The Labute approximate surface area is 202 Å². The first-order chi connectivity index (χ1) is 16.5. The summed E-state index contributed by atoms with van der Waals surface area (Å²) in [7, 11) is 0. The van der Waals surface area contributed by atoms with E-state index in [9.17, 15) is 34.2 Å². The molecular weight excluding hydrogens is 460 g/mol. The first-order valence-corrected chi connectivity index (χ1v) is 11.3. The van der Waals surface area contributed by atoms with E-state index in [4.69, 9.17) is 10.8 Å². The Hall–Kier alpha value is -3.51. The van der Waals surface area contributed by atoms with Crippen LogP contribution in [-0.4, -0.2) is 86.7 Å². The monoisotopic (exact) mass is 492 g/mol. The van der Waals surface area contributed by atoms with Crippen molar-refractivity contribution in [2.24, 2.45) is 5.73 Å². The van der Waals surface area contributed by atoms with Gasteiger partial charge in [-0.15, -0.1) is 0 Å². The largest absolute Gasteiger partial charge is 0.481 e. The van der Waals surface area contributed by atoms with Gasteiger partial charge in [-0.2, -0.15) is 0 Å². The second kappa shape index (κ2) is 12.8. The van der Waals surface area contributed by atoms with Gasteiger partial charge in [0.15, 0.2) is 0 Å². The molecule has 0 radical (unpaired) electrons. The summed E-state index contributed by atoms with van der Waals surface area (Å²) in [5.41, 5.74) is 6.75. The average molecular weight is 493 g/mol. The number of aliphatic hydroxyl groups is 1. The third-order valence-electron chi connectivity index (χ3n) is 5.78. The number of amides is 3. The number of carbonyl (C=O) groups excluding carboxylic acids is 3. The topological polar surface area (TPSA) is 199 Å². The van der Waals surface area contributed by atoms with Crippen LogP contribution in [0.15, 0.2) is 30.3 Å². The van der Waals surface area contributed by atoms with Gasteiger partial charge in [0.05, 0.1) is 12.1 Å².